The number of hydrogen-bond donors (Lipinski definition) is 1. The van der Waals surface area contributed by atoms with Gasteiger partial charge in [-0.1, -0.05) is 6.42 Å². The van der Waals surface area contributed by atoms with Crippen LogP contribution in [0.1, 0.15) is 37.8 Å². The topological polar surface area (TPSA) is 32.5 Å². The first-order valence-electron chi connectivity index (χ1n) is 7.51. The van der Waals surface area contributed by atoms with Crippen LogP contribution in [0.3, 0.4) is 0 Å². The van der Waals surface area contributed by atoms with Crippen molar-refractivity contribution in [2.75, 3.05) is 26.2 Å². The minimum absolute atomic E-state index is 0.408. The van der Waals surface area contributed by atoms with E-state index in [4.69, 9.17) is 5.73 Å². The van der Waals surface area contributed by atoms with Crippen molar-refractivity contribution >= 4 is 11.3 Å². The third-order valence-corrected chi connectivity index (χ3v) is 5.49. The lowest BCUT2D eigenvalue weighted by Gasteiger charge is -2.50. The molecule has 19 heavy (non-hydrogen) atoms. The molecule has 2 saturated heterocycles. The maximum absolute atomic E-state index is 6.07. The second kappa shape index (κ2) is 5.92. The predicted molar refractivity (Wildman–Crippen MR) is 81.5 cm³/mol. The van der Waals surface area contributed by atoms with E-state index in [1.807, 2.05) is 0 Å². The van der Waals surface area contributed by atoms with E-state index in [2.05, 4.69) is 33.6 Å². The molecule has 2 aliphatic heterocycles. The van der Waals surface area contributed by atoms with E-state index in [-0.39, 0.29) is 0 Å². The third kappa shape index (κ3) is 2.72. The zero-order chi connectivity index (χ0) is 13.2. The summed E-state index contributed by atoms with van der Waals surface area (Å²) < 4.78 is 0. The zero-order valence-corrected chi connectivity index (χ0v) is 12.6. The molecule has 4 heteroatoms. The first kappa shape index (κ1) is 13.6. The number of fused-ring (bicyclic) bond motifs is 1. The summed E-state index contributed by atoms with van der Waals surface area (Å²) in [5.41, 5.74) is 7.48. The lowest BCUT2D eigenvalue weighted by molar-refractivity contribution is -0.00657. The number of thiophene rings is 1. The largest absolute Gasteiger partial charge is 0.329 e. The quantitative estimate of drug-likeness (QED) is 0.921. The summed E-state index contributed by atoms with van der Waals surface area (Å²) in [5.74, 6) is 0. The summed E-state index contributed by atoms with van der Waals surface area (Å²) in [6.45, 7) is 6.80. The molecule has 0 aliphatic carbocycles. The Hall–Kier alpha value is -0.420. The van der Waals surface area contributed by atoms with Crippen molar-refractivity contribution in [1.29, 1.82) is 0 Å². The van der Waals surface area contributed by atoms with Crippen LogP contribution < -0.4 is 5.73 Å². The second-order valence-electron chi connectivity index (χ2n) is 6.00. The summed E-state index contributed by atoms with van der Waals surface area (Å²) in [6.07, 6.45) is 4.15. The summed E-state index contributed by atoms with van der Waals surface area (Å²) >= 11 is 1.78. The third-order valence-electron chi connectivity index (χ3n) is 4.79. The maximum atomic E-state index is 6.07. The van der Waals surface area contributed by atoms with E-state index in [1.165, 1.54) is 44.5 Å². The van der Waals surface area contributed by atoms with Crippen molar-refractivity contribution in [3.05, 3.63) is 22.4 Å². The smallest absolute Gasteiger partial charge is 0.0482 e. The molecule has 0 saturated carbocycles. The van der Waals surface area contributed by atoms with Crippen molar-refractivity contribution < 1.29 is 0 Å². The molecule has 3 unspecified atom stereocenters. The molecule has 3 rings (SSSR count). The minimum Gasteiger partial charge on any atom is -0.329 e. The molecule has 3 heterocycles. The Morgan fingerprint density at radius 2 is 2.32 bits per heavy atom. The average molecular weight is 279 g/mol. The summed E-state index contributed by atoms with van der Waals surface area (Å²) in [6, 6.07) is 4.02. The highest BCUT2D eigenvalue weighted by atomic mass is 32.1. The van der Waals surface area contributed by atoms with E-state index < -0.39 is 0 Å². The number of rotatable bonds is 3. The molecule has 3 atom stereocenters. The Morgan fingerprint density at radius 3 is 3.05 bits per heavy atom. The van der Waals surface area contributed by atoms with Crippen LogP contribution in [0.2, 0.25) is 0 Å². The number of hydrogen-bond acceptors (Lipinski definition) is 4. The monoisotopic (exact) mass is 279 g/mol. The van der Waals surface area contributed by atoms with Gasteiger partial charge in [-0.05, 0) is 48.7 Å². The molecular formula is C15H25N3S. The van der Waals surface area contributed by atoms with Crippen molar-refractivity contribution in [3.63, 3.8) is 0 Å². The van der Waals surface area contributed by atoms with Crippen molar-refractivity contribution in [2.24, 2.45) is 5.73 Å². The van der Waals surface area contributed by atoms with Gasteiger partial charge in [-0.2, -0.15) is 11.3 Å². The van der Waals surface area contributed by atoms with Gasteiger partial charge in [-0.3, -0.25) is 9.80 Å². The van der Waals surface area contributed by atoms with Crippen LogP contribution in [0.15, 0.2) is 16.8 Å². The van der Waals surface area contributed by atoms with Gasteiger partial charge in [0.15, 0.2) is 0 Å². The van der Waals surface area contributed by atoms with Gasteiger partial charge in [0.2, 0.25) is 0 Å². The van der Waals surface area contributed by atoms with Gasteiger partial charge in [0, 0.05) is 37.8 Å². The summed E-state index contributed by atoms with van der Waals surface area (Å²) in [7, 11) is 0. The van der Waals surface area contributed by atoms with E-state index in [0.29, 0.717) is 12.1 Å². The molecule has 0 spiro atoms. The molecule has 1 aromatic rings. The van der Waals surface area contributed by atoms with Gasteiger partial charge >= 0.3 is 0 Å². The highest BCUT2D eigenvalue weighted by Crippen LogP contribution is 2.31. The molecule has 2 aliphatic rings. The molecule has 3 nitrogen and oxygen atoms in total. The molecule has 0 amide bonds. The van der Waals surface area contributed by atoms with Gasteiger partial charge in [-0.15, -0.1) is 0 Å². The molecule has 2 N–H and O–H groups in total. The van der Waals surface area contributed by atoms with Crippen molar-refractivity contribution in [1.82, 2.24) is 9.80 Å². The standard InChI is InChI=1S/C15H25N3S/c1-12-9-17-6-3-2-4-14(17)10-18(12)15(8-16)13-5-7-19-11-13/h5,7,11-12,14-15H,2-4,6,8-10,16H2,1H3. The number of nitrogens with two attached hydrogens (primary N) is 1. The normalized spacial score (nSPS) is 31.1. The van der Waals surface area contributed by atoms with Crippen LogP contribution in [-0.4, -0.2) is 48.1 Å². The SMILES string of the molecule is CC1CN2CCCCC2CN1C(CN)c1ccsc1. The van der Waals surface area contributed by atoms with Crippen LogP contribution >= 0.6 is 11.3 Å². The Morgan fingerprint density at radius 1 is 1.42 bits per heavy atom. The zero-order valence-electron chi connectivity index (χ0n) is 11.8. The molecular weight excluding hydrogens is 254 g/mol. The van der Waals surface area contributed by atoms with Crippen LogP contribution in [0.4, 0.5) is 0 Å². The molecule has 2 fully saturated rings. The van der Waals surface area contributed by atoms with Gasteiger partial charge in [-0.25, -0.2) is 0 Å². The van der Waals surface area contributed by atoms with Crippen molar-refractivity contribution in [2.45, 2.75) is 44.3 Å². The Kier molecular flexibility index (Phi) is 4.22. The van der Waals surface area contributed by atoms with Crippen LogP contribution in [0, 0.1) is 0 Å². The summed E-state index contributed by atoms with van der Waals surface area (Å²) in [4.78, 5) is 5.35. The van der Waals surface area contributed by atoms with Gasteiger partial charge in [0.05, 0.1) is 0 Å². The Labute approximate surface area is 120 Å². The first-order valence-corrected chi connectivity index (χ1v) is 8.46. The second-order valence-corrected chi connectivity index (χ2v) is 6.78. The van der Waals surface area contributed by atoms with E-state index >= 15 is 0 Å². The molecule has 0 bridgehead atoms. The van der Waals surface area contributed by atoms with Crippen LogP contribution in [0.5, 0.6) is 0 Å². The minimum atomic E-state index is 0.408. The van der Waals surface area contributed by atoms with E-state index in [9.17, 15) is 0 Å². The lowest BCUT2D eigenvalue weighted by atomic mass is 9.95. The highest BCUT2D eigenvalue weighted by Gasteiger charge is 2.36. The maximum Gasteiger partial charge on any atom is 0.0482 e. The number of piperidine rings is 1. The molecule has 0 radical (unpaired) electrons. The first-order chi connectivity index (χ1) is 9.29. The fourth-order valence-corrected chi connectivity index (χ4v) is 4.44. The fourth-order valence-electron chi connectivity index (χ4n) is 3.74. The molecule has 0 aromatic carbocycles. The van der Waals surface area contributed by atoms with Gasteiger partial charge in [0.25, 0.3) is 0 Å². The van der Waals surface area contributed by atoms with Crippen LogP contribution in [0.25, 0.3) is 0 Å². The lowest BCUT2D eigenvalue weighted by Crippen LogP contribution is -2.59. The van der Waals surface area contributed by atoms with Gasteiger partial charge < -0.3 is 5.73 Å². The van der Waals surface area contributed by atoms with E-state index in [0.717, 1.165) is 12.6 Å². The molecule has 106 valence electrons. The predicted octanol–water partition coefficient (Wildman–Crippen LogP) is 2.31. The Bertz CT molecular complexity index is 392. The van der Waals surface area contributed by atoms with E-state index in [1.54, 1.807) is 11.3 Å². The fraction of sp³-hybridized carbons (Fsp3) is 0.733. The highest BCUT2D eigenvalue weighted by molar-refractivity contribution is 7.07. The van der Waals surface area contributed by atoms with Crippen LogP contribution in [-0.2, 0) is 0 Å². The average Bonchev–Trinajstić information content (AvgIpc) is 2.94. The molecule has 1 aromatic heterocycles. The number of piperazine rings is 1. The Balaban J connectivity index is 1.75. The van der Waals surface area contributed by atoms with Crippen molar-refractivity contribution in [3.8, 4) is 0 Å². The number of nitrogens with zero attached hydrogens (tertiary/aromatic N) is 2. The summed E-state index contributed by atoms with van der Waals surface area (Å²) in [5, 5.41) is 4.43. The van der Waals surface area contributed by atoms with Gasteiger partial charge in [0.1, 0.15) is 0 Å².